The summed E-state index contributed by atoms with van der Waals surface area (Å²) in [6, 6.07) is 5.59. The van der Waals surface area contributed by atoms with Gasteiger partial charge in [0.15, 0.2) is 11.5 Å². The van der Waals surface area contributed by atoms with Crippen LogP contribution in [0.4, 0.5) is 0 Å². The van der Waals surface area contributed by atoms with Gasteiger partial charge < -0.3 is 9.84 Å². The highest BCUT2D eigenvalue weighted by Crippen LogP contribution is 2.31. The summed E-state index contributed by atoms with van der Waals surface area (Å²) in [5, 5.41) is 9.60. The second kappa shape index (κ2) is 4.36. The Hall–Kier alpha value is -1.18. The Balaban J connectivity index is 2.96. The molecule has 0 aromatic heterocycles. The molecule has 1 N–H and O–H groups in total. The first-order valence-electron chi connectivity index (χ1n) is 4.93. The van der Waals surface area contributed by atoms with Crippen LogP contribution in [0.25, 0.3) is 0 Å². The molecule has 0 bridgehead atoms. The van der Waals surface area contributed by atoms with E-state index in [0.717, 1.165) is 5.56 Å². The lowest BCUT2D eigenvalue weighted by molar-refractivity contribution is 0.372. The van der Waals surface area contributed by atoms with Gasteiger partial charge in [0.05, 0.1) is 7.11 Å². The average Bonchev–Trinajstić information content (AvgIpc) is 2.16. The first-order chi connectivity index (χ1) is 6.56. The molecule has 1 rings (SSSR count). The maximum Gasteiger partial charge on any atom is 0.160 e. The van der Waals surface area contributed by atoms with Crippen LogP contribution < -0.4 is 4.74 Å². The van der Waals surface area contributed by atoms with E-state index in [1.54, 1.807) is 13.2 Å². The highest BCUT2D eigenvalue weighted by Gasteiger charge is 2.11. The number of aromatic hydroxyl groups is 1. The minimum atomic E-state index is 0.220. The lowest BCUT2D eigenvalue weighted by Crippen LogP contribution is -2.01. The van der Waals surface area contributed by atoms with Crippen molar-refractivity contribution >= 4 is 0 Å². The molecule has 0 aliphatic carbocycles. The van der Waals surface area contributed by atoms with Crippen LogP contribution >= 0.6 is 0 Å². The summed E-state index contributed by atoms with van der Waals surface area (Å²) in [5.74, 6) is 1.77. The van der Waals surface area contributed by atoms with Crippen molar-refractivity contribution in [2.24, 2.45) is 5.92 Å². The summed E-state index contributed by atoms with van der Waals surface area (Å²) in [6.07, 6.45) is 0. The molecule has 2 nitrogen and oxygen atoms in total. The fraction of sp³-hybridized carbons (Fsp3) is 0.500. The van der Waals surface area contributed by atoms with E-state index in [1.165, 1.54) is 0 Å². The number of benzene rings is 1. The van der Waals surface area contributed by atoms with Gasteiger partial charge in [0.25, 0.3) is 0 Å². The van der Waals surface area contributed by atoms with Gasteiger partial charge in [-0.25, -0.2) is 0 Å². The van der Waals surface area contributed by atoms with Crippen molar-refractivity contribution in [1.82, 2.24) is 0 Å². The molecule has 0 saturated heterocycles. The van der Waals surface area contributed by atoms with Gasteiger partial charge in [-0.2, -0.15) is 0 Å². The first-order valence-corrected chi connectivity index (χ1v) is 4.93. The van der Waals surface area contributed by atoms with E-state index in [0.29, 0.717) is 17.6 Å². The van der Waals surface area contributed by atoms with Gasteiger partial charge in [0.1, 0.15) is 0 Å². The minimum Gasteiger partial charge on any atom is -0.504 e. The molecule has 1 atom stereocenters. The summed E-state index contributed by atoms with van der Waals surface area (Å²) >= 11 is 0. The molecule has 2 heteroatoms. The zero-order chi connectivity index (χ0) is 10.7. The topological polar surface area (TPSA) is 29.5 Å². The van der Waals surface area contributed by atoms with Crippen molar-refractivity contribution in [3.05, 3.63) is 23.8 Å². The van der Waals surface area contributed by atoms with Gasteiger partial charge in [-0.3, -0.25) is 0 Å². The molecular weight excluding hydrogens is 176 g/mol. The number of rotatable bonds is 3. The second-order valence-corrected chi connectivity index (χ2v) is 3.96. The Kier molecular flexibility index (Phi) is 3.39. The van der Waals surface area contributed by atoms with Crippen molar-refractivity contribution in [2.45, 2.75) is 26.7 Å². The number of hydrogen-bond donors (Lipinski definition) is 1. The zero-order valence-electron chi connectivity index (χ0n) is 9.24. The largest absolute Gasteiger partial charge is 0.504 e. The fourth-order valence-corrected chi connectivity index (χ4v) is 1.38. The maximum absolute atomic E-state index is 9.60. The standard InChI is InChI=1S/C12H18O2/c1-8(2)9(3)10-5-6-12(14-4)11(13)7-10/h5-9,13H,1-4H3. The third-order valence-electron chi connectivity index (χ3n) is 2.73. The van der Waals surface area contributed by atoms with Gasteiger partial charge in [0.2, 0.25) is 0 Å². The monoisotopic (exact) mass is 194 g/mol. The molecule has 0 spiro atoms. The van der Waals surface area contributed by atoms with Crippen LogP contribution in [0.1, 0.15) is 32.3 Å². The van der Waals surface area contributed by atoms with Gasteiger partial charge in [-0.05, 0) is 29.5 Å². The van der Waals surface area contributed by atoms with Crippen molar-refractivity contribution in [3.63, 3.8) is 0 Å². The molecule has 0 heterocycles. The molecule has 1 aromatic carbocycles. The first kappa shape index (κ1) is 10.9. The Morgan fingerprint density at radius 1 is 1.21 bits per heavy atom. The molecule has 0 aliphatic heterocycles. The van der Waals surface area contributed by atoms with Crippen LogP contribution in [0.5, 0.6) is 11.5 Å². The van der Waals surface area contributed by atoms with Gasteiger partial charge >= 0.3 is 0 Å². The van der Waals surface area contributed by atoms with E-state index in [-0.39, 0.29) is 5.75 Å². The normalized spacial score (nSPS) is 12.9. The SMILES string of the molecule is COc1ccc(C(C)C(C)C)cc1O. The molecule has 0 saturated carbocycles. The Morgan fingerprint density at radius 2 is 1.86 bits per heavy atom. The summed E-state index contributed by atoms with van der Waals surface area (Å²) in [5.41, 5.74) is 1.15. The molecule has 1 aromatic rings. The predicted octanol–water partition coefficient (Wildman–Crippen LogP) is 3.16. The van der Waals surface area contributed by atoms with E-state index in [2.05, 4.69) is 20.8 Å². The summed E-state index contributed by atoms with van der Waals surface area (Å²) in [7, 11) is 1.56. The van der Waals surface area contributed by atoms with Crippen LogP contribution in [0.2, 0.25) is 0 Å². The van der Waals surface area contributed by atoms with Crippen molar-refractivity contribution in [3.8, 4) is 11.5 Å². The number of phenolic OH excluding ortho intramolecular Hbond substituents is 1. The summed E-state index contributed by atoms with van der Waals surface area (Å²) in [6.45, 7) is 6.50. The van der Waals surface area contributed by atoms with Crippen LogP contribution in [-0.4, -0.2) is 12.2 Å². The highest BCUT2D eigenvalue weighted by molar-refractivity contribution is 5.42. The van der Waals surface area contributed by atoms with Crippen LogP contribution in [0.15, 0.2) is 18.2 Å². The third-order valence-corrected chi connectivity index (χ3v) is 2.73. The third kappa shape index (κ3) is 2.19. The Morgan fingerprint density at radius 3 is 2.29 bits per heavy atom. The molecule has 1 unspecified atom stereocenters. The Labute approximate surface area is 85.5 Å². The van der Waals surface area contributed by atoms with Crippen LogP contribution in [0.3, 0.4) is 0 Å². The zero-order valence-corrected chi connectivity index (χ0v) is 9.24. The maximum atomic E-state index is 9.60. The summed E-state index contributed by atoms with van der Waals surface area (Å²) in [4.78, 5) is 0. The smallest absolute Gasteiger partial charge is 0.160 e. The van der Waals surface area contributed by atoms with E-state index in [9.17, 15) is 5.11 Å². The molecule has 0 aliphatic rings. The van der Waals surface area contributed by atoms with Crippen molar-refractivity contribution < 1.29 is 9.84 Å². The predicted molar refractivity (Wildman–Crippen MR) is 57.9 cm³/mol. The molecule has 0 radical (unpaired) electrons. The second-order valence-electron chi connectivity index (χ2n) is 3.96. The van der Waals surface area contributed by atoms with E-state index < -0.39 is 0 Å². The molecule has 14 heavy (non-hydrogen) atoms. The lowest BCUT2D eigenvalue weighted by Gasteiger charge is -2.16. The van der Waals surface area contributed by atoms with E-state index >= 15 is 0 Å². The highest BCUT2D eigenvalue weighted by atomic mass is 16.5. The fourth-order valence-electron chi connectivity index (χ4n) is 1.38. The molecular formula is C12H18O2. The quantitative estimate of drug-likeness (QED) is 0.800. The van der Waals surface area contributed by atoms with E-state index in [1.807, 2.05) is 12.1 Å². The lowest BCUT2D eigenvalue weighted by atomic mass is 9.90. The number of hydrogen-bond acceptors (Lipinski definition) is 2. The summed E-state index contributed by atoms with van der Waals surface area (Å²) < 4.78 is 4.99. The van der Waals surface area contributed by atoms with Gasteiger partial charge in [-0.15, -0.1) is 0 Å². The van der Waals surface area contributed by atoms with Crippen molar-refractivity contribution in [1.29, 1.82) is 0 Å². The molecule has 0 amide bonds. The average molecular weight is 194 g/mol. The number of ether oxygens (including phenoxy) is 1. The van der Waals surface area contributed by atoms with Crippen LogP contribution in [-0.2, 0) is 0 Å². The number of methoxy groups -OCH3 is 1. The van der Waals surface area contributed by atoms with Crippen LogP contribution in [0, 0.1) is 5.92 Å². The number of phenols is 1. The van der Waals surface area contributed by atoms with E-state index in [4.69, 9.17) is 4.74 Å². The Bertz CT molecular complexity index is 305. The molecule has 0 fully saturated rings. The minimum absolute atomic E-state index is 0.220. The van der Waals surface area contributed by atoms with Gasteiger partial charge in [0, 0.05) is 0 Å². The molecule has 78 valence electrons. The van der Waals surface area contributed by atoms with Crippen molar-refractivity contribution in [2.75, 3.05) is 7.11 Å². The van der Waals surface area contributed by atoms with Gasteiger partial charge in [-0.1, -0.05) is 26.8 Å².